The lowest BCUT2D eigenvalue weighted by Gasteiger charge is -2.23. The molecule has 116 valence electrons. The molecule has 1 aromatic heterocycles. The van der Waals surface area contributed by atoms with E-state index in [1.165, 1.54) is 5.69 Å². The Morgan fingerprint density at radius 2 is 1.91 bits per heavy atom. The minimum atomic E-state index is 0.175. The van der Waals surface area contributed by atoms with Gasteiger partial charge in [-0.1, -0.05) is 18.2 Å². The van der Waals surface area contributed by atoms with Crippen molar-refractivity contribution in [2.75, 3.05) is 31.6 Å². The minimum Gasteiger partial charge on any atom is -0.371 e. The molecule has 1 fully saturated rings. The van der Waals surface area contributed by atoms with Crippen molar-refractivity contribution in [3.63, 3.8) is 0 Å². The van der Waals surface area contributed by atoms with Gasteiger partial charge in [0.05, 0.1) is 0 Å². The van der Waals surface area contributed by atoms with Gasteiger partial charge in [0.15, 0.2) is 0 Å². The molecule has 0 spiro atoms. The molecule has 2 heterocycles. The fourth-order valence-electron chi connectivity index (χ4n) is 3.10. The van der Waals surface area contributed by atoms with Crippen LogP contribution in [0.5, 0.6) is 0 Å². The maximum Gasteiger partial charge on any atom is 0.242 e. The van der Waals surface area contributed by atoms with E-state index in [4.69, 9.17) is 0 Å². The second-order valence-electron chi connectivity index (χ2n) is 6.07. The number of benzene rings is 1. The Bertz CT molecular complexity index is 594. The summed E-state index contributed by atoms with van der Waals surface area (Å²) in [4.78, 5) is 16.5. The number of carbonyl (C=O) groups is 1. The molecule has 0 N–H and O–H groups in total. The zero-order chi connectivity index (χ0) is 15.4. The van der Waals surface area contributed by atoms with Crippen molar-refractivity contribution in [3.8, 4) is 0 Å². The Hall–Kier alpha value is -2.23. The molecule has 2 aromatic rings. The van der Waals surface area contributed by atoms with E-state index in [-0.39, 0.29) is 5.91 Å². The van der Waals surface area contributed by atoms with E-state index in [2.05, 4.69) is 29.2 Å². The Balaban J connectivity index is 1.50. The number of hydrogen-bond acceptors (Lipinski definition) is 2. The molecule has 0 radical (unpaired) electrons. The van der Waals surface area contributed by atoms with Gasteiger partial charge in [-0.2, -0.15) is 0 Å². The van der Waals surface area contributed by atoms with E-state index in [1.54, 1.807) is 0 Å². The summed E-state index contributed by atoms with van der Waals surface area (Å²) in [5.41, 5.74) is 1.28. The number of anilines is 1. The highest BCUT2D eigenvalue weighted by Crippen LogP contribution is 2.23. The molecule has 4 nitrogen and oxygen atoms in total. The van der Waals surface area contributed by atoms with Crippen molar-refractivity contribution in [1.82, 2.24) is 9.47 Å². The molecule has 1 unspecified atom stereocenters. The SMILES string of the molecule is CN(CC1CCN(c2ccccc2)C1)C(=O)Cn1cccc1. The average Bonchev–Trinajstić information content (AvgIpc) is 3.20. The summed E-state index contributed by atoms with van der Waals surface area (Å²) < 4.78 is 1.92. The van der Waals surface area contributed by atoms with E-state index in [1.807, 2.05) is 47.1 Å². The highest BCUT2D eigenvalue weighted by Gasteiger charge is 2.25. The molecule has 22 heavy (non-hydrogen) atoms. The predicted molar refractivity (Wildman–Crippen MR) is 88.8 cm³/mol. The summed E-state index contributed by atoms with van der Waals surface area (Å²) in [6.07, 6.45) is 5.01. The highest BCUT2D eigenvalue weighted by atomic mass is 16.2. The van der Waals surface area contributed by atoms with Crippen LogP contribution >= 0.6 is 0 Å². The summed E-state index contributed by atoms with van der Waals surface area (Å²) in [7, 11) is 1.91. The van der Waals surface area contributed by atoms with Gasteiger partial charge < -0.3 is 14.4 Å². The zero-order valence-corrected chi connectivity index (χ0v) is 13.1. The molecule has 0 bridgehead atoms. The summed E-state index contributed by atoms with van der Waals surface area (Å²) in [6.45, 7) is 3.38. The van der Waals surface area contributed by atoms with Crippen molar-refractivity contribution in [2.45, 2.75) is 13.0 Å². The molecule has 0 aliphatic carbocycles. The minimum absolute atomic E-state index is 0.175. The van der Waals surface area contributed by atoms with Gasteiger partial charge in [0, 0.05) is 44.8 Å². The molecule has 1 atom stereocenters. The third-order valence-corrected chi connectivity index (χ3v) is 4.35. The molecule has 1 aliphatic heterocycles. The van der Waals surface area contributed by atoms with Crippen molar-refractivity contribution in [3.05, 3.63) is 54.9 Å². The van der Waals surface area contributed by atoms with Crippen molar-refractivity contribution >= 4 is 11.6 Å². The second kappa shape index (κ2) is 6.69. The number of aromatic nitrogens is 1. The lowest BCUT2D eigenvalue weighted by molar-refractivity contribution is -0.131. The number of likely N-dealkylation sites (N-methyl/N-ethyl adjacent to an activating group) is 1. The van der Waals surface area contributed by atoms with Gasteiger partial charge in [0.25, 0.3) is 0 Å². The van der Waals surface area contributed by atoms with Crippen LogP contribution in [0.3, 0.4) is 0 Å². The lowest BCUT2D eigenvalue weighted by atomic mass is 10.1. The van der Waals surface area contributed by atoms with Crippen LogP contribution in [0, 0.1) is 5.92 Å². The highest BCUT2D eigenvalue weighted by molar-refractivity contribution is 5.75. The summed E-state index contributed by atoms with van der Waals surface area (Å²) in [6, 6.07) is 14.4. The monoisotopic (exact) mass is 297 g/mol. The Morgan fingerprint density at radius 1 is 1.18 bits per heavy atom. The first-order valence-electron chi connectivity index (χ1n) is 7.87. The molecular formula is C18H23N3O. The van der Waals surface area contributed by atoms with Crippen LogP contribution in [0.4, 0.5) is 5.69 Å². The number of hydrogen-bond donors (Lipinski definition) is 0. The summed E-state index contributed by atoms with van der Waals surface area (Å²) in [5, 5.41) is 0. The Kier molecular flexibility index (Phi) is 4.47. The third kappa shape index (κ3) is 3.50. The Labute approximate surface area is 132 Å². The first-order chi connectivity index (χ1) is 10.7. The number of amides is 1. The van der Waals surface area contributed by atoms with Gasteiger partial charge in [-0.25, -0.2) is 0 Å². The van der Waals surface area contributed by atoms with Crippen LogP contribution < -0.4 is 4.90 Å². The van der Waals surface area contributed by atoms with Crippen LogP contribution in [0.15, 0.2) is 54.9 Å². The maximum atomic E-state index is 12.2. The van der Waals surface area contributed by atoms with Gasteiger partial charge in [0.2, 0.25) is 5.91 Å². The second-order valence-corrected chi connectivity index (χ2v) is 6.07. The van der Waals surface area contributed by atoms with Gasteiger partial charge in [-0.05, 0) is 36.6 Å². The van der Waals surface area contributed by atoms with Crippen LogP contribution in [0.1, 0.15) is 6.42 Å². The molecule has 1 aliphatic rings. The molecule has 1 amide bonds. The van der Waals surface area contributed by atoms with Gasteiger partial charge >= 0.3 is 0 Å². The number of carbonyl (C=O) groups excluding carboxylic acids is 1. The summed E-state index contributed by atoms with van der Waals surface area (Å²) >= 11 is 0. The van der Waals surface area contributed by atoms with Gasteiger partial charge in [-0.15, -0.1) is 0 Å². The first kappa shape index (κ1) is 14.7. The zero-order valence-electron chi connectivity index (χ0n) is 13.1. The predicted octanol–water partition coefficient (Wildman–Crippen LogP) is 2.47. The topological polar surface area (TPSA) is 28.5 Å². The number of rotatable bonds is 5. The molecule has 1 aromatic carbocycles. The van der Waals surface area contributed by atoms with Crippen molar-refractivity contribution in [2.24, 2.45) is 5.92 Å². The maximum absolute atomic E-state index is 12.2. The quantitative estimate of drug-likeness (QED) is 0.848. The third-order valence-electron chi connectivity index (χ3n) is 4.35. The molecule has 4 heteroatoms. The van der Waals surface area contributed by atoms with Crippen LogP contribution in [0.25, 0.3) is 0 Å². The molecule has 3 rings (SSSR count). The fraction of sp³-hybridized carbons (Fsp3) is 0.389. The molecular weight excluding hydrogens is 274 g/mol. The average molecular weight is 297 g/mol. The Morgan fingerprint density at radius 3 is 2.64 bits per heavy atom. The fourth-order valence-corrected chi connectivity index (χ4v) is 3.10. The summed E-state index contributed by atoms with van der Waals surface area (Å²) in [5.74, 6) is 0.730. The van der Waals surface area contributed by atoms with Gasteiger partial charge in [0.1, 0.15) is 6.54 Å². The van der Waals surface area contributed by atoms with Gasteiger partial charge in [-0.3, -0.25) is 4.79 Å². The standard InChI is InChI=1S/C18H23N3O/c1-19(18(22)15-20-10-5-6-11-20)13-16-9-12-21(14-16)17-7-3-2-4-8-17/h2-8,10-11,16H,9,12-15H2,1H3. The lowest BCUT2D eigenvalue weighted by Crippen LogP contribution is -2.35. The number of para-hydroxylation sites is 1. The van der Waals surface area contributed by atoms with Crippen LogP contribution in [0.2, 0.25) is 0 Å². The van der Waals surface area contributed by atoms with Crippen molar-refractivity contribution < 1.29 is 4.79 Å². The van der Waals surface area contributed by atoms with E-state index in [0.29, 0.717) is 12.5 Å². The largest absolute Gasteiger partial charge is 0.371 e. The molecule has 0 saturated carbocycles. The normalized spacial score (nSPS) is 17.7. The van der Waals surface area contributed by atoms with E-state index in [0.717, 1.165) is 26.1 Å². The van der Waals surface area contributed by atoms with E-state index in [9.17, 15) is 4.79 Å². The van der Waals surface area contributed by atoms with Crippen molar-refractivity contribution in [1.29, 1.82) is 0 Å². The smallest absolute Gasteiger partial charge is 0.242 e. The molecule has 1 saturated heterocycles. The van der Waals surface area contributed by atoms with Crippen LogP contribution in [-0.2, 0) is 11.3 Å². The van der Waals surface area contributed by atoms with Crippen LogP contribution in [-0.4, -0.2) is 42.1 Å². The first-order valence-corrected chi connectivity index (χ1v) is 7.87. The van der Waals surface area contributed by atoms with E-state index >= 15 is 0 Å². The van der Waals surface area contributed by atoms with E-state index < -0.39 is 0 Å². The number of nitrogens with zero attached hydrogens (tertiary/aromatic N) is 3.